The number of hydrogen-bond acceptors (Lipinski definition) is 5. The lowest BCUT2D eigenvalue weighted by Crippen LogP contribution is -2.35. The number of rotatable bonds is 6. The van der Waals surface area contributed by atoms with Crippen molar-refractivity contribution in [2.75, 3.05) is 24.2 Å². The van der Waals surface area contributed by atoms with E-state index in [2.05, 4.69) is 10.3 Å². The van der Waals surface area contributed by atoms with Crippen molar-refractivity contribution >= 4 is 56.6 Å². The molecule has 0 atom stereocenters. The van der Waals surface area contributed by atoms with Crippen LogP contribution in [0.5, 0.6) is 0 Å². The number of hydrogen-bond donors (Lipinski definition) is 1. The number of amides is 1. The predicted molar refractivity (Wildman–Crippen MR) is 113 cm³/mol. The van der Waals surface area contributed by atoms with E-state index in [0.29, 0.717) is 33.8 Å². The van der Waals surface area contributed by atoms with Crippen molar-refractivity contribution in [3.8, 4) is 0 Å². The SMILES string of the molecule is O=C(CSc1ccc(S(=O)(=O)N2CCCCC2)cn1)Nc1c(Cl)cccc1Cl. The maximum Gasteiger partial charge on any atom is 0.244 e. The number of benzene rings is 1. The third-order valence-corrected chi connectivity index (χ3v) is 7.70. The van der Waals surface area contributed by atoms with Gasteiger partial charge in [-0.05, 0) is 37.1 Å². The van der Waals surface area contributed by atoms with E-state index in [4.69, 9.17) is 23.2 Å². The van der Waals surface area contributed by atoms with E-state index >= 15 is 0 Å². The summed E-state index contributed by atoms with van der Waals surface area (Å²) in [5.74, 6) is -0.195. The molecular formula is C18H19Cl2N3O3S2. The molecule has 1 N–H and O–H groups in total. The Labute approximate surface area is 178 Å². The number of para-hydroxylation sites is 1. The van der Waals surface area contributed by atoms with Gasteiger partial charge in [0.15, 0.2) is 0 Å². The maximum atomic E-state index is 12.6. The molecule has 1 aliphatic rings. The Hall–Kier alpha value is -1.32. The second-order valence-electron chi connectivity index (χ2n) is 6.23. The molecule has 0 spiro atoms. The van der Waals surface area contributed by atoms with Crippen molar-refractivity contribution in [2.24, 2.45) is 0 Å². The molecule has 150 valence electrons. The number of carbonyl (C=O) groups excluding carboxylic acids is 1. The zero-order valence-corrected chi connectivity index (χ0v) is 18.0. The second-order valence-corrected chi connectivity index (χ2v) is 9.98. The minimum absolute atomic E-state index is 0.0901. The molecule has 2 heterocycles. The van der Waals surface area contributed by atoms with Crippen LogP contribution in [-0.4, -0.2) is 42.5 Å². The molecule has 6 nitrogen and oxygen atoms in total. The number of thioether (sulfide) groups is 1. The monoisotopic (exact) mass is 459 g/mol. The van der Waals surface area contributed by atoms with Crippen LogP contribution < -0.4 is 5.32 Å². The maximum absolute atomic E-state index is 12.6. The summed E-state index contributed by atoms with van der Waals surface area (Å²) in [5.41, 5.74) is 0.368. The van der Waals surface area contributed by atoms with Crippen molar-refractivity contribution in [1.29, 1.82) is 0 Å². The topological polar surface area (TPSA) is 79.4 Å². The molecule has 1 aromatic carbocycles. The fourth-order valence-corrected chi connectivity index (χ4v) is 5.39. The highest BCUT2D eigenvalue weighted by Gasteiger charge is 2.26. The van der Waals surface area contributed by atoms with Gasteiger partial charge in [-0.2, -0.15) is 4.31 Å². The summed E-state index contributed by atoms with van der Waals surface area (Å²) in [7, 11) is -3.51. The molecule has 1 aliphatic heterocycles. The first kappa shape index (κ1) is 21.4. The van der Waals surface area contributed by atoms with Gasteiger partial charge in [-0.15, -0.1) is 0 Å². The van der Waals surface area contributed by atoms with Gasteiger partial charge in [0.25, 0.3) is 0 Å². The Kier molecular flexibility index (Phi) is 7.22. The van der Waals surface area contributed by atoms with Gasteiger partial charge in [0, 0.05) is 19.3 Å². The number of anilines is 1. The molecule has 0 bridgehead atoms. The number of sulfonamides is 1. The van der Waals surface area contributed by atoms with Gasteiger partial charge in [-0.25, -0.2) is 13.4 Å². The summed E-state index contributed by atoms with van der Waals surface area (Å²) in [4.78, 5) is 16.5. The third-order valence-electron chi connectivity index (χ3n) is 4.24. The molecule has 1 aromatic heterocycles. The van der Waals surface area contributed by atoms with Crippen LogP contribution in [0.3, 0.4) is 0 Å². The van der Waals surface area contributed by atoms with E-state index in [1.54, 1.807) is 24.3 Å². The van der Waals surface area contributed by atoms with Crippen LogP contribution in [0.4, 0.5) is 5.69 Å². The molecule has 28 heavy (non-hydrogen) atoms. The van der Waals surface area contributed by atoms with Crippen LogP contribution in [0.1, 0.15) is 19.3 Å². The summed E-state index contributed by atoms with van der Waals surface area (Å²) >= 11 is 13.3. The molecular weight excluding hydrogens is 441 g/mol. The quantitative estimate of drug-likeness (QED) is 0.651. The zero-order chi connectivity index (χ0) is 20.1. The van der Waals surface area contributed by atoms with Crippen LogP contribution >= 0.6 is 35.0 Å². The van der Waals surface area contributed by atoms with Crippen LogP contribution in [0.15, 0.2) is 46.5 Å². The number of piperidine rings is 1. The molecule has 1 saturated heterocycles. The van der Waals surface area contributed by atoms with E-state index in [1.807, 2.05) is 0 Å². The lowest BCUT2D eigenvalue weighted by Gasteiger charge is -2.25. The van der Waals surface area contributed by atoms with Gasteiger partial charge in [0.2, 0.25) is 15.9 Å². The van der Waals surface area contributed by atoms with E-state index in [9.17, 15) is 13.2 Å². The van der Waals surface area contributed by atoms with Crippen molar-refractivity contribution in [3.63, 3.8) is 0 Å². The van der Waals surface area contributed by atoms with Crippen LogP contribution in [0.25, 0.3) is 0 Å². The van der Waals surface area contributed by atoms with Crippen molar-refractivity contribution in [1.82, 2.24) is 9.29 Å². The van der Waals surface area contributed by atoms with E-state index < -0.39 is 10.0 Å². The minimum Gasteiger partial charge on any atom is -0.323 e. The first-order valence-corrected chi connectivity index (χ1v) is 11.9. The summed E-state index contributed by atoms with van der Waals surface area (Å²) < 4.78 is 26.7. The molecule has 1 fully saturated rings. The van der Waals surface area contributed by atoms with Gasteiger partial charge < -0.3 is 5.32 Å². The number of pyridine rings is 1. The highest BCUT2D eigenvalue weighted by atomic mass is 35.5. The van der Waals surface area contributed by atoms with Crippen molar-refractivity contribution in [2.45, 2.75) is 29.2 Å². The normalized spacial score (nSPS) is 15.4. The van der Waals surface area contributed by atoms with Crippen LogP contribution in [0, 0.1) is 0 Å². The molecule has 1 amide bonds. The fraction of sp³-hybridized carbons (Fsp3) is 0.333. The first-order valence-electron chi connectivity index (χ1n) is 8.71. The number of carbonyl (C=O) groups is 1. The van der Waals surface area contributed by atoms with Gasteiger partial charge in [-0.1, -0.05) is 47.5 Å². The Bertz CT molecular complexity index is 927. The molecule has 0 saturated carbocycles. The molecule has 2 aromatic rings. The second kappa shape index (κ2) is 9.45. The average molecular weight is 460 g/mol. The van der Waals surface area contributed by atoms with Crippen molar-refractivity contribution < 1.29 is 13.2 Å². The predicted octanol–water partition coefficient (Wildman–Crippen LogP) is 4.29. The van der Waals surface area contributed by atoms with E-state index in [1.165, 1.54) is 28.3 Å². The van der Waals surface area contributed by atoms with E-state index in [0.717, 1.165) is 19.3 Å². The highest BCUT2D eigenvalue weighted by molar-refractivity contribution is 7.99. The Balaban J connectivity index is 1.59. The largest absolute Gasteiger partial charge is 0.323 e. The standard InChI is InChI=1S/C18H19Cl2N3O3S2/c19-14-5-4-6-15(20)18(14)22-16(24)12-27-17-8-7-13(11-21-17)28(25,26)23-9-2-1-3-10-23/h4-8,11H,1-3,9-10,12H2,(H,22,24). The van der Waals surface area contributed by atoms with Crippen molar-refractivity contribution in [3.05, 3.63) is 46.6 Å². The number of aromatic nitrogens is 1. The highest BCUT2D eigenvalue weighted by Crippen LogP contribution is 2.30. The molecule has 0 aliphatic carbocycles. The lowest BCUT2D eigenvalue weighted by molar-refractivity contribution is -0.113. The summed E-state index contributed by atoms with van der Waals surface area (Å²) in [5, 5.41) is 3.94. The number of nitrogens with zero attached hydrogens (tertiary/aromatic N) is 2. The summed E-state index contributed by atoms with van der Waals surface area (Å²) in [6.45, 7) is 1.09. The molecule has 0 unspecified atom stereocenters. The van der Waals surface area contributed by atoms with E-state index in [-0.39, 0.29) is 16.6 Å². The van der Waals surface area contributed by atoms with Crippen LogP contribution in [-0.2, 0) is 14.8 Å². The Morgan fingerprint density at radius 1 is 1.11 bits per heavy atom. The molecule has 0 radical (unpaired) electrons. The average Bonchev–Trinajstić information content (AvgIpc) is 2.70. The number of halogens is 2. The smallest absolute Gasteiger partial charge is 0.244 e. The van der Waals surface area contributed by atoms with Gasteiger partial charge >= 0.3 is 0 Å². The summed E-state index contributed by atoms with van der Waals surface area (Å²) in [6, 6.07) is 8.11. The number of nitrogens with one attached hydrogen (secondary N) is 1. The zero-order valence-electron chi connectivity index (χ0n) is 14.9. The fourth-order valence-electron chi connectivity index (χ4n) is 2.79. The first-order chi connectivity index (χ1) is 13.4. The Morgan fingerprint density at radius 3 is 2.39 bits per heavy atom. The van der Waals surface area contributed by atoms with Gasteiger partial charge in [0.1, 0.15) is 4.90 Å². The Morgan fingerprint density at radius 2 is 1.79 bits per heavy atom. The van der Waals surface area contributed by atoms with Crippen LogP contribution in [0.2, 0.25) is 10.0 Å². The molecule has 3 rings (SSSR count). The minimum atomic E-state index is -3.51. The lowest BCUT2D eigenvalue weighted by atomic mass is 10.2. The third kappa shape index (κ3) is 5.18. The summed E-state index contributed by atoms with van der Waals surface area (Å²) in [6.07, 6.45) is 4.16. The van der Waals surface area contributed by atoms with Gasteiger partial charge in [-0.3, -0.25) is 4.79 Å². The van der Waals surface area contributed by atoms with Gasteiger partial charge in [0.05, 0.1) is 26.5 Å². The molecule has 10 heteroatoms.